The minimum atomic E-state index is -0.426. The molecule has 21 heavy (non-hydrogen) atoms. The van der Waals surface area contributed by atoms with E-state index < -0.39 is 6.04 Å². The van der Waals surface area contributed by atoms with Gasteiger partial charge in [0.2, 0.25) is 5.91 Å². The smallest absolute Gasteiger partial charge is 0.242 e. The van der Waals surface area contributed by atoms with E-state index in [0.29, 0.717) is 17.0 Å². The first kappa shape index (κ1) is 17.2. The van der Waals surface area contributed by atoms with Gasteiger partial charge in [-0.25, -0.2) is 0 Å². The number of nitrogens with two attached hydrogens (primary N) is 1. The molecule has 1 atom stereocenters. The average molecular weight is 309 g/mol. The Labute approximate surface area is 131 Å². The first-order chi connectivity index (χ1) is 9.64. The van der Waals surface area contributed by atoms with Crippen molar-refractivity contribution in [3.8, 4) is 5.75 Å². The van der Waals surface area contributed by atoms with E-state index >= 15 is 0 Å². The number of thiocarbonyl (C=S) groups is 1. The number of amides is 1. The lowest BCUT2D eigenvalue weighted by Gasteiger charge is -2.24. The molecule has 0 aliphatic heterocycles. The van der Waals surface area contributed by atoms with Gasteiger partial charge in [-0.3, -0.25) is 4.79 Å². The molecule has 0 aromatic heterocycles. The number of benzene rings is 1. The predicted molar refractivity (Wildman–Crippen MR) is 89.9 cm³/mol. The Kier molecular flexibility index (Phi) is 5.54. The quantitative estimate of drug-likeness (QED) is 0.726. The Bertz CT molecular complexity index is 538. The van der Waals surface area contributed by atoms with Crippen molar-refractivity contribution in [1.82, 2.24) is 5.32 Å². The van der Waals surface area contributed by atoms with Gasteiger partial charge < -0.3 is 21.1 Å². The summed E-state index contributed by atoms with van der Waals surface area (Å²) in [5.74, 6) is 0.570. The number of nitrogens with one attached hydrogen (secondary N) is 2. The third-order valence-electron chi connectivity index (χ3n) is 2.76. The molecule has 6 heteroatoms. The monoisotopic (exact) mass is 309 g/mol. The fourth-order valence-corrected chi connectivity index (χ4v) is 1.94. The SMILES string of the molecule is COc1ccc(C(N)=S)c(NC(C)C(=O)NC(C)(C)C)c1. The van der Waals surface area contributed by atoms with Crippen molar-refractivity contribution in [1.29, 1.82) is 0 Å². The van der Waals surface area contributed by atoms with Crippen LogP contribution in [0.15, 0.2) is 18.2 Å². The third-order valence-corrected chi connectivity index (χ3v) is 2.98. The number of methoxy groups -OCH3 is 1. The second-order valence-corrected chi connectivity index (χ2v) is 6.32. The molecule has 0 aliphatic rings. The highest BCUT2D eigenvalue weighted by molar-refractivity contribution is 7.80. The molecule has 0 bridgehead atoms. The Morgan fingerprint density at radius 1 is 1.38 bits per heavy atom. The number of rotatable bonds is 5. The van der Waals surface area contributed by atoms with Gasteiger partial charge in [-0.1, -0.05) is 12.2 Å². The van der Waals surface area contributed by atoms with Gasteiger partial charge in [-0.2, -0.15) is 0 Å². The molecular weight excluding hydrogens is 286 g/mol. The molecule has 0 heterocycles. The first-order valence-electron chi connectivity index (χ1n) is 6.70. The summed E-state index contributed by atoms with van der Waals surface area (Å²) in [6.07, 6.45) is 0. The Balaban J connectivity index is 2.95. The summed E-state index contributed by atoms with van der Waals surface area (Å²) in [4.78, 5) is 12.4. The van der Waals surface area contributed by atoms with Gasteiger partial charge in [-0.05, 0) is 39.8 Å². The molecule has 1 unspecified atom stereocenters. The molecule has 1 aromatic rings. The van der Waals surface area contributed by atoms with Crippen LogP contribution in [0, 0.1) is 0 Å². The van der Waals surface area contributed by atoms with Crippen LogP contribution in [0.4, 0.5) is 5.69 Å². The maximum absolute atomic E-state index is 12.1. The summed E-state index contributed by atoms with van der Waals surface area (Å²) in [5.41, 5.74) is 6.79. The van der Waals surface area contributed by atoms with E-state index in [-0.39, 0.29) is 16.4 Å². The van der Waals surface area contributed by atoms with Crippen LogP contribution in [-0.2, 0) is 4.79 Å². The zero-order valence-electron chi connectivity index (χ0n) is 13.1. The molecule has 5 nitrogen and oxygen atoms in total. The van der Waals surface area contributed by atoms with Crippen LogP contribution in [0.3, 0.4) is 0 Å². The predicted octanol–water partition coefficient (Wildman–Crippen LogP) is 2.04. The summed E-state index contributed by atoms with van der Waals surface area (Å²) >= 11 is 5.03. The summed E-state index contributed by atoms with van der Waals surface area (Å²) in [7, 11) is 1.58. The molecule has 0 radical (unpaired) electrons. The van der Waals surface area contributed by atoms with Gasteiger partial charge in [0.25, 0.3) is 0 Å². The molecule has 0 fully saturated rings. The van der Waals surface area contributed by atoms with Crippen LogP contribution in [0.25, 0.3) is 0 Å². The largest absolute Gasteiger partial charge is 0.497 e. The second-order valence-electron chi connectivity index (χ2n) is 5.88. The van der Waals surface area contributed by atoms with Crippen LogP contribution < -0.4 is 21.1 Å². The van der Waals surface area contributed by atoms with Gasteiger partial charge in [0, 0.05) is 22.9 Å². The molecule has 0 spiro atoms. The van der Waals surface area contributed by atoms with E-state index in [4.69, 9.17) is 22.7 Å². The standard InChI is InChI=1S/C15H23N3O2S/c1-9(14(19)18-15(2,3)4)17-12-8-10(20-5)6-7-11(12)13(16)21/h6-9,17H,1-5H3,(H2,16,21)(H,18,19). The van der Waals surface area contributed by atoms with Gasteiger partial charge in [0.1, 0.15) is 16.8 Å². The minimum Gasteiger partial charge on any atom is -0.497 e. The van der Waals surface area contributed by atoms with Crippen LogP contribution in [0.2, 0.25) is 0 Å². The van der Waals surface area contributed by atoms with Crippen molar-refractivity contribution in [3.05, 3.63) is 23.8 Å². The van der Waals surface area contributed by atoms with E-state index in [9.17, 15) is 4.79 Å². The first-order valence-corrected chi connectivity index (χ1v) is 7.11. The summed E-state index contributed by atoms with van der Waals surface area (Å²) in [6, 6.07) is 4.90. The Morgan fingerprint density at radius 2 is 2.00 bits per heavy atom. The highest BCUT2D eigenvalue weighted by Gasteiger charge is 2.20. The van der Waals surface area contributed by atoms with Crippen molar-refractivity contribution < 1.29 is 9.53 Å². The second kappa shape index (κ2) is 6.76. The number of carbonyl (C=O) groups is 1. The normalized spacial score (nSPS) is 12.4. The summed E-state index contributed by atoms with van der Waals surface area (Å²) in [5, 5.41) is 6.05. The number of anilines is 1. The minimum absolute atomic E-state index is 0.0980. The molecule has 1 amide bonds. The molecule has 0 saturated carbocycles. The van der Waals surface area contributed by atoms with E-state index in [1.807, 2.05) is 20.8 Å². The summed E-state index contributed by atoms with van der Waals surface area (Å²) in [6.45, 7) is 7.58. The highest BCUT2D eigenvalue weighted by atomic mass is 32.1. The molecule has 116 valence electrons. The van der Waals surface area contributed by atoms with E-state index in [1.165, 1.54) is 0 Å². The van der Waals surface area contributed by atoms with Crippen LogP contribution >= 0.6 is 12.2 Å². The fourth-order valence-electron chi connectivity index (χ4n) is 1.76. The van der Waals surface area contributed by atoms with Crippen molar-refractivity contribution in [3.63, 3.8) is 0 Å². The van der Waals surface area contributed by atoms with Crippen LogP contribution in [0.5, 0.6) is 5.75 Å². The maximum atomic E-state index is 12.1. The molecule has 1 aromatic carbocycles. The number of carbonyl (C=O) groups excluding carboxylic acids is 1. The van der Waals surface area contributed by atoms with Crippen molar-refractivity contribution in [2.24, 2.45) is 5.73 Å². The third kappa shape index (κ3) is 5.23. The van der Waals surface area contributed by atoms with Crippen molar-refractivity contribution in [2.75, 3.05) is 12.4 Å². The lowest BCUT2D eigenvalue weighted by atomic mass is 10.1. The van der Waals surface area contributed by atoms with Gasteiger partial charge in [-0.15, -0.1) is 0 Å². The number of hydrogen-bond acceptors (Lipinski definition) is 4. The molecule has 1 rings (SSSR count). The average Bonchev–Trinajstić information content (AvgIpc) is 2.36. The van der Waals surface area contributed by atoms with Gasteiger partial charge in [0.15, 0.2) is 0 Å². The van der Waals surface area contributed by atoms with Crippen molar-refractivity contribution in [2.45, 2.75) is 39.3 Å². The van der Waals surface area contributed by atoms with E-state index in [1.54, 1.807) is 32.2 Å². The van der Waals surface area contributed by atoms with E-state index in [2.05, 4.69) is 10.6 Å². The lowest BCUT2D eigenvalue weighted by molar-refractivity contribution is -0.122. The molecule has 0 saturated heterocycles. The van der Waals surface area contributed by atoms with Gasteiger partial charge in [0.05, 0.1) is 7.11 Å². The molecule has 0 aliphatic carbocycles. The summed E-state index contributed by atoms with van der Waals surface area (Å²) < 4.78 is 5.19. The van der Waals surface area contributed by atoms with Gasteiger partial charge >= 0.3 is 0 Å². The Morgan fingerprint density at radius 3 is 2.48 bits per heavy atom. The lowest BCUT2D eigenvalue weighted by Crippen LogP contribution is -2.47. The van der Waals surface area contributed by atoms with Crippen LogP contribution in [-0.4, -0.2) is 29.6 Å². The zero-order chi connectivity index (χ0) is 16.2. The maximum Gasteiger partial charge on any atom is 0.242 e. The van der Waals surface area contributed by atoms with E-state index in [0.717, 1.165) is 0 Å². The molecule has 4 N–H and O–H groups in total. The number of hydrogen-bond donors (Lipinski definition) is 3. The van der Waals surface area contributed by atoms with Crippen molar-refractivity contribution >= 4 is 28.8 Å². The fraction of sp³-hybridized carbons (Fsp3) is 0.467. The molecular formula is C15H23N3O2S. The van der Waals surface area contributed by atoms with Crippen LogP contribution in [0.1, 0.15) is 33.3 Å². The number of ether oxygens (including phenoxy) is 1. The Hall–Kier alpha value is -1.82. The zero-order valence-corrected chi connectivity index (χ0v) is 13.9. The topological polar surface area (TPSA) is 76.4 Å². The highest BCUT2D eigenvalue weighted by Crippen LogP contribution is 2.23.